The van der Waals surface area contributed by atoms with Gasteiger partial charge in [0.2, 0.25) is 0 Å². The molecule has 0 aliphatic rings. The molecule has 1 heterocycles. The molecule has 1 atom stereocenters. The summed E-state index contributed by atoms with van der Waals surface area (Å²) in [4.78, 5) is 4.07. The molecular formula is C13H22N2O. The highest BCUT2D eigenvalue weighted by Crippen LogP contribution is 2.21. The Morgan fingerprint density at radius 3 is 2.75 bits per heavy atom. The molecule has 90 valence electrons. The number of nitrogens with zero attached hydrogens (tertiary/aromatic N) is 1. The summed E-state index contributed by atoms with van der Waals surface area (Å²) >= 11 is 0. The van der Waals surface area contributed by atoms with Gasteiger partial charge < -0.3 is 10.4 Å². The molecule has 0 saturated heterocycles. The molecule has 1 unspecified atom stereocenters. The molecule has 0 aromatic carbocycles. The summed E-state index contributed by atoms with van der Waals surface area (Å²) in [5.74, 6) is 0.589. The van der Waals surface area contributed by atoms with Gasteiger partial charge in [-0.25, -0.2) is 0 Å². The van der Waals surface area contributed by atoms with Crippen LogP contribution in [0, 0.1) is 12.8 Å². The fourth-order valence-electron chi connectivity index (χ4n) is 1.73. The minimum atomic E-state index is -0.854. The molecule has 0 saturated carbocycles. The Kier molecular flexibility index (Phi) is 4.44. The summed E-state index contributed by atoms with van der Waals surface area (Å²) in [7, 11) is 0. The molecule has 0 bridgehead atoms. The topological polar surface area (TPSA) is 45.2 Å². The molecule has 1 aromatic heterocycles. The molecule has 0 fully saturated rings. The van der Waals surface area contributed by atoms with Crippen molar-refractivity contribution in [2.75, 3.05) is 13.1 Å². The van der Waals surface area contributed by atoms with Crippen LogP contribution in [-0.4, -0.2) is 23.2 Å². The second kappa shape index (κ2) is 5.41. The monoisotopic (exact) mass is 222 g/mol. The van der Waals surface area contributed by atoms with Crippen molar-refractivity contribution in [3.05, 3.63) is 29.6 Å². The fraction of sp³-hybridized carbons (Fsp3) is 0.615. The largest absolute Gasteiger partial charge is 0.384 e. The summed E-state index contributed by atoms with van der Waals surface area (Å²) in [5, 5.41) is 13.7. The highest BCUT2D eigenvalue weighted by molar-refractivity contribution is 5.27. The van der Waals surface area contributed by atoms with Crippen LogP contribution in [-0.2, 0) is 5.60 Å². The normalized spacial score (nSPS) is 15.1. The number of nitrogens with one attached hydrogen (secondary N) is 1. The van der Waals surface area contributed by atoms with Crippen molar-refractivity contribution in [3.63, 3.8) is 0 Å². The Morgan fingerprint density at radius 2 is 2.19 bits per heavy atom. The second-order valence-electron chi connectivity index (χ2n) is 4.99. The molecule has 0 amide bonds. The molecule has 3 nitrogen and oxygen atoms in total. The summed E-state index contributed by atoms with van der Waals surface area (Å²) in [5.41, 5.74) is 1.12. The minimum Gasteiger partial charge on any atom is -0.384 e. The van der Waals surface area contributed by atoms with E-state index >= 15 is 0 Å². The first-order chi connectivity index (χ1) is 7.43. The maximum atomic E-state index is 10.4. The van der Waals surface area contributed by atoms with Crippen LogP contribution in [0.15, 0.2) is 18.5 Å². The lowest BCUT2D eigenvalue weighted by molar-refractivity contribution is 0.0554. The fourth-order valence-corrected chi connectivity index (χ4v) is 1.73. The molecular weight excluding hydrogens is 200 g/mol. The molecule has 0 spiro atoms. The zero-order valence-electron chi connectivity index (χ0n) is 10.6. The van der Waals surface area contributed by atoms with E-state index in [1.54, 1.807) is 12.4 Å². The van der Waals surface area contributed by atoms with Gasteiger partial charge in [-0.15, -0.1) is 0 Å². The van der Waals surface area contributed by atoms with Crippen LogP contribution < -0.4 is 5.32 Å². The van der Waals surface area contributed by atoms with Crippen molar-refractivity contribution in [2.24, 2.45) is 5.92 Å². The average molecular weight is 222 g/mol. The number of aliphatic hydroxyl groups is 1. The first-order valence-corrected chi connectivity index (χ1v) is 5.77. The Bertz CT molecular complexity index is 334. The lowest BCUT2D eigenvalue weighted by Crippen LogP contribution is -2.37. The van der Waals surface area contributed by atoms with Gasteiger partial charge in [-0.1, -0.05) is 13.8 Å². The summed E-state index contributed by atoms with van der Waals surface area (Å²) in [6, 6.07) is 1.92. The van der Waals surface area contributed by atoms with Crippen molar-refractivity contribution in [2.45, 2.75) is 33.3 Å². The SMILES string of the molecule is Cc1ccncc1C(C)(O)CNCC(C)C. The minimum absolute atomic E-state index is 0.553. The molecule has 2 N–H and O–H groups in total. The Labute approximate surface area is 97.9 Å². The third-order valence-electron chi connectivity index (χ3n) is 2.64. The van der Waals surface area contributed by atoms with E-state index in [1.807, 2.05) is 19.9 Å². The zero-order chi connectivity index (χ0) is 12.2. The van der Waals surface area contributed by atoms with Crippen LogP contribution >= 0.6 is 0 Å². The number of aryl methyl sites for hydroxylation is 1. The van der Waals surface area contributed by atoms with Crippen LogP contribution in [0.5, 0.6) is 0 Å². The number of aromatic nitrogens is 1. The molecule has 1 aromatic rings. The highest BCUT2D eigenvalue weighted by atomic mass is 16.3. The molecule has 0 aliphatic heterocycles. The van der Waals surface area contributed by atoms with E-state index in [2.05, 4.69) is 24.1 Å². The van der Waals surface area contributed by atoms with E-state index in [0.29, 0.717) is 12.5 Å². The zero-order valence-corrected chi connectivity index (χ0v) is 10.6. The molecule has 0 radical (unpaired) electrons. The van der Waals surface area contributed by atoms with Crippen LogP contribution in [0.25, 0.3) is 0 Å². The van der Waals surface area contributed by atoms with Crippen molar-refractivity contribution in [1.29, 1.82) is 0 Å². The smallest absolute Gasteiger partial charge is 0.101 e. The Morgan fingerprint density at radius 1 is 1.50 bits per heavy atom. The van der Waals surface area contributed by atoms with Gasteiger partial charge in [0.1, 0.15) is 5.60 Å². The number of hydrogen-bond donors (Lipinski definition) is 2. The summed E-state index contributed by atoms with van der Waals surface area (Å²) in [6.45, 7) is 9.58. The lowest BCUT2D eigenvalue weighted by Gasteiger charge is -2.26. The predicted octanol–water partition coefficient (Wildman–Crippen LogP) is 1.84. The molecule has 3 heteroatoms. The van der Waals surface area contributed by atoms with Gasteiger partial charge >= 0.3 is 0 Å². The lowest BCUT2D eigenvalue weighted by atomic mass is 9.93. The van der Waals surface area contributed by atoms with E-state index in [0.717, 1.165) is 17.7 Å². The summed E-state index contributed by atoms with van der Waals surface area (Å²) in [6.07, 6.45) is 3.49. The van der Waals surface area contributed by atoms with Gasteiger partial charge in [0.25, 0.3) is 0 Å². The predicted molar refractivity (Wildman–Crippen MR) is 66.3 cm³/mol. The van der Waals surface area contributed by atoms with Crippen molar-refractivity contribution in [1.82, 2.24) is 10.3 Å². The van der Waals surface area contributed by atoms with E-state index in [1.165, 1.54) is 0 Å². The molecule has 0 aliphatic carbocycles. The van der Waals surface area contributed by atoms with Gasteiger partial charge in [-0.05, 0) is 37.9 Å². The van der Waals surface area contributed by atoms with Crippen molar-refractivity contribution >= 4 is 0 Å². The van der Waals surface area contributed by atoms with Gasteiger partial charge in [0.15, 0.2) is 0 Å². The van der Waals surface area contributed by atoms with Crippen LogP contribution in [0.3, 0.4) is 0 Å². The van der Waals surface area contributed by atoms with Gasteiger partial charge in [-0.2, -0.15) is 0 Å². The highest BCUT2D eigenvalue weighted by Gasteiger charge is 2.24. The summed E-state index contributed by atoms with van der Waals surface area (Å²) < 4.78 is 0. The number of pyridine rings is 1. The van der Waals surface area contributed by atoms with E-state index in [-0.39, 0.29) is 0 Å². The van der Waals surface area contributed by atoms with Gasteiger partial charge in [0.05, 0.1) is 0 Å². The maximum Gasteiger partial charge on any atom is 0.101 e. The number of hydrogen-bond acceptors (Lipinski definition) is 3. The quantitative estimate of drug-likeness (QED) is 0.799. The Balaban J connectivity index is 2.66. The standard InChI is InChI=1S/C13H22N2O/c1-10(2)7-15-9-13(4,16)12-8-14-6-5-11(12)3/h5-6,8,10,15-16H,7,9H2,1-4H3. The third-order valence-corrected chi connectivity index (χ3v) is 2.64. The number of rotatable bonds is 5. The Hall–Kier alpha value is -0.930. The third kappa shape index (κ3) is 3.58. The van der Waals surface area contributed by atoms with E-state index in [4.69, 9.17) is 0 Å². The first-order valence-electron chi connectivity index (χ1n) is 5.77. The van der Waals surface area contributed by atoms with E-state index < -0.39 is 5.60 Å². The van der Waals surface area contributed by atoms with Crippen LogP contribution in [0.4, 0.5) is 0 Å². The average Bonchev–Trinajstić information content (AvgIpc) is 2.17. The second-order valence-corrected chi connectivity index (χ2v) is 4.99. The molecule has 1 rings (SSSR count). The van der Waals surface area contributed by atoms with Crippen LogP contribution in [0.1, 0.15) is 31.9 Å². The van der Waals surface area contributed by atoms with Gasteiger partial charge in [0, 0.05) is 24.5 Å². The molecule has 16 heavy (non-hydrogen) atoms. The van der Waals surface area contributed by atoms with Crippen LogP contribution in [0.2, 0.25) is 0 Å². The maximum absolute atomic E-state index is 10.4. The first kappa shape index (κ1) is 13.1. The van der Waals surface area contributed by atoms with E-state index in [9.17, 15) is 5.11 Å². The van der Waals surface area contributed by atoms with Gasteiger partial charge in [-0.3, -0.25) is 4.98 Å². The van der Waals surface area contributed by atoms with Crippen molar-refractivity contribution < 1.29 is 5.11 Å². The van der Waals surface area contributed by atoms with Crippen molar-refractivity contribution in [3.8, 4) is 0 Å².